The molecule has 0 heterocycles. The van der Waals surface area contributed by atoms with E-state index in [1.165, 1.54) is 0 Å². The van der Waals surface area contributed by atoms with Crippen molar-refractivity contribution in [3.63, 3.8) is 0 Å². The molecule has 20 heavy (non-hydrogen) atoms. The average Bonchev–Trinajstić information content (AvgIpc) is 2.49. The lowest BCUT2D eigenvalue weighted by molar-refractivity contribution is -0.121. The van der Waals surface area contributed by atoms with Crippen LogP contribution in [-0.4, -0.2) is 24.9 Å². The fourth-order valence-electron chi connectivity index (χ4n) is 1.69. The largest absolute Gasteiger partial charge is 0.352 e. The van der Waals surface area contributed by atoms with Gasteiger partial charge in [0.1, 0.15) is 0 Å². The van der Waals surface area contributed by atoms with Crippen molar-refractivity contribution in [1.82, 2.24) is 10.6 Å². The van der Waals surface area contributed by atoms with Gasteiger partial charge in [0.2, 0.25) is 5.91 Å². The van der Waals surface area contributed by atoms with Crippen LogP contribution in [0.3, 0.4) is 0 Å². The Bertz CT molecular complexity index is 429. The van der Waals surface area contributed by atoms with E-state index in [-0.39, 0.29) is 11.8 Å². The minimum absolute atomic E-state index is 0.0663. The first-order chi connectivity index (χ1) is 9.67. The van der Waals surface area contributed by atoms with Gasteiger partial charge in [-0.25, -0.2) is 0 Å². The summed E-state index contributed by atoms with van der Waals surface area (Å²) >= 11 is 0. The highest BCUT2D eigenvalue weighted by Gasteiger charge is 2.05. The van der Waals surface area contributed by atoms with E-state index in [2.05, 4.69) is 17.6 Å². The molecule has 0 saturated heterocycles. The Balaban J connectivity index is 2.42. The zero-order valence-corrected chi connectivity index (χ0v) is 11.9. The number of hydrogen-bond donors (Lipinski definition) is 3. The molecule has 0 bridgehead atoms. The smallest absolute Gasteiger partial charge is 0.251 e. The summed E-state index contributed by atoms with van der Waals surface area (Å²) in [6.07, 6.45) is 2.49. The van der Waals surface area contributed by atoms with E-state index in [4.69, 9.17) is 5.73 Å². The van der Waals surface area contributed by atoms with Crippen molar-refractivity contribution in [2.24, 2.45) is 5.73 Å². The van der Waals surface area contributed by atoms with Gasteiger partial charge in [-0.3, -0.25) is 9.59 Å². The molecule has 110 valence electrons. The Morgan fingerprint density at radius 1 is 1.15 bits per heavy atom. The molecule has 0 atom stereocenters. The molecule has 0 saturated carbocycles. The Hall–Kier alpha value is -1.88. The predicted molar refractivity (Wildman–Crippen MR) is 79.2 cm³/mol. The van der Waals surface area contributed by atoms with Gasteiger partial charge in [0.15, 0.2) is 0 Å². The average molecular weight is 277 g/mol. The number of carbonyl (C=O) groups is 2. The number of nitrogens with one attached hydrogen (secondary N) is 2. The first-order valence-corrected chi connectivity index (χ1v) is 7.01. The molecule has 0 aliphatic carbocycles. The molecule has 0 aliphatic rings. The van der Waals surface area contributed by atoms with Gasteiger partial charge < -0.3 is 16.4 Å². The molecule has 5 heteroatoms. The van der Waals surface area contributed by atoms with Gasteiger partial charge >= 0.3 is 0 Å². The van der Waals surface area contributed by atoms with Crippen molar-refractivity contribution < 1.29 is 9.59 Å². The van der Waals surface area contributed by atoms with Crippen molar-refractivity contribution in [1.29, 1.82) is 0 Å². The summed E-state index contributed by atoms with van der Waals surface area (Å²) in [7, 11) is 0. The molecule has 1 aromatic carbocycles. The summed E-state index contributed by atoms with van der Waals surface area (Å²) in [5.74, 6) is -0.0643. The number of hydrogen-bond acceptors (Lipinski definition) is 3. The van der Waals surface area contributed by atoms with Crippen LogP contribution < -0.4 is 16.4 Å². The molecule has 0 spiro atoms. The summed E-state index contributed by atoms with van der Waals surface area (Å²) in [4.78, 5) is 23.1. The summed E-state index contributed by atoms with van der Waals surface area (Å²) in [5.41, 5.74) is 6.90. The minimum Gasteiger partial charge on any atom is -0.352 e. The Labute approximate surface area is 119 Å². The van der Waals surface area contributed by atoms with Crippen molar-refractivity contribution in [3.8, 4) is 0 Å². The quantitative estimate of drug-likeness (QED) is 0.667. The number of nitrogens with two attached hydrogens (primary N) is 1. The molecular formula is C15H23N3O2. The van der Waals surface area contributed by atoms with Crippen molar-refractivity contribution >= 4 is 11.8 Å². The van der Waals surface area contributed by atoms with E-state index < -0.39 is 0 Å². The van der Waals surface area contributed by atoms with E-state index >= 15 is 0 Å². The fraction of sp³-hybridized carbons (Fsp3) is 0.467. The first kappa shape index (κ1) is 16.2. The molecule has 1 aromatic rings. The third kappa shape index (κ3) is 5.84. The lowest BCUT2D eigenvalue weighted by atomic mass is 10.1. The van der Waals surface area contributed by atoms with E-state index in [9.17, 15) is 9.59 Å². The van der Waals surface area contributed by atoms with Crippen LogP contribution in [0.2, 0.25) is 0 Å². The molecule has 1 rings (SSSR count). The zero-order valence-electron chi connectivity index (χ0n) is 11.9. The second kappa shape index (κ2) is 9.09. The van der Waals surface area contributed by atoms with Gasteiger partial charge in [-0.2, -0.15) is 0 Å². The fourth-order valence-corrected chi connectivity index (χ4v) is 1.69. The maximum absolute atomic E-state index is 11.7. The highest BCUT2D eigenvalue weighted by atomic mass is 16.2. The predicted octanol–water partition coefficient (Wildman–Crippen LogP) is 1.18. The van der Waals surface area contributed by atoms with Gasteiger partial charge in [0, 0.05) is 31.6 Å². The number of benzene rings is 1. The van der Waals surface area contributed by atoms with Crippen LogP contribution in [-0.2, 0) is 11.3 Å². The van der Waals surface area contributed by atoms with E-state index in [0.29, 0.717) is 31.6 Å². The number of carbonyl (C=O) groups excluding carboxylic acids is 2. The third-order valence-corrected chi connectivity index (χ3v) is 2.89. The number of amides is 2. The van der Waals surface area contributed by atoms with Crippen LogP contribution in [0.5, 0.6) is 0 Å². The molecular weight excluding hydrogens is 254 g/mol. The molecule has 0 fully saturated rings. The van der Waals surface area contributed by atoms with Gasteiger partial charge in [0.05, 0.1) is 0 Å². The zero-order chi connectivity index (χ0) is 14.8. The maximum Gasteiger partial charge on any atom is 0.251 e. The first-order valence-electron chi connectivity index (χ1n) is 7.01. The normalized spacial score (nSPS) is 10.1. The number of rotatable bonds is 8. The van der Waals surface area contributed by atoms with Crippen LogP contribution >= 0.6 is 0 Å². The van der Waals surface area contributed by atoms with Crippen LogP contribution in [0.1, 0.15) is 42.1 Å². The summed E-state index contributed by atoms with van der Waals surface area (Å²) in [6.45, 7) is 3.44. The van der Waals surface area contributed by atoms with E-state index in [1.54, 1.807) is 12.1 Å². The highest BCUT2D eigenvalue weighted by molar-refractivity contribution is 5.94. The molecule has 4 N–H and O–H groups in total. The lowest BCUT2D eigenvalue weighted by Gasteiger charge is -2.07. The molecule has 0 radical (unpaired) electrons. The van der Waals surface area contributed by atoms with Crippen molar-refractivity contribution in [2.45, 2.75) is 32.7 Å². The lowest BCUT2D eigenvalue weighted by Crippen LogP contribution is -2.29. The number of unbranched alkanes of at least 4 members (excludes halogenated alkanes) is 1. The Morgan fingerprint density at radius 3 is 2.45 bits per heavy atom. The minimum atomic E-state index is -0.131. The second-order valence-electron chi connectivity index (χ2n) is 4.62. The van der Waals surface area contributed by atoms with Crippen LogP contribution in [0.4, 0.5) is 0 Å². The van der Waals surface area contributed by atoms with Crippen LogP contribution in [0.15, 0.2) is 24.3 Å². The van der Waals surface area contributed by atoms with Crippen LogP contribution in [0, 0.1) is 0 Å². The SMILES string of the molecule is CCCCC(=O)NCc1ccc(C(=O)NCCN)cc1. The van der Waals surface area contributed by atoms with Gasteiger partial charge in [0.25, 0.3) is 5.91 Å². The summed E-state index contributed by atoms with van der Waals surface area (Å²) in [6, 6.07) is 7.19. The highest BCUT2D eigenvalue weighted by Crippen LogP contribution is 2.04. The van der Waals surface area contributed by atoms with E-state index in [1.807, 2.05) is 12.1 Å². The molecule has 0 unspecified atom stereocenters. The Kier molecular flexibility index (Phi) is 7.35. The maximum atomic E-state index is 11.7. The van der Waals surface area contributed by atoms with Gasteiger partial charge in [-0.1, -0.05) is 25.5 Å². The topological polar surface area (TPSA) is 84.2 Å². The summed E-state index contributed by atoms with van der Waals surface area (Å²) in [5, 5.41) is 5.57. The Morgan fingerprint density at radius 2 is 1.85 bits per heavy atom. The molecule has 5 nitrogen and oxygen atoms in total. The standard InChI is InChI=1S/C15H23N3O2/c1-2-3-4-14(19)18-11-12-5-7-13(8-6-12)15(20)17-10-9-16/h5-8H,2-4,9-11,16H2,1H3,(H,17,20)(H,18,19). The van der Waals surface area contributed by atoms with Gasteiger partial charge in [-0.15, -0.1) is 0 Å². The van der Waals surface area contributed by atoms with Crippen molar-refractivity contribution in [3.05, 3.63) is 35.4 Å². The van der Waals surface area contributed by atoms with Gasteiger partial charge in [-0.05, 0) is 24.1 Å². The monoisotopic (exact) mass is 277 g/mol. The third-order valence-electron chi connectivity index (χ3n) is 2.89. The second-order valence-corrected chi connectivity index (χ2v) is 4.62. The molecule has 0 aromatic heterocycles. The molecule has 2 amide bonds. The van der Waals surface area contributed by atoms with Crippen LogP contribution in [0.25, 0.3) is 0 Å². The van der Waals surface area contributed by atoms with E-state index in [0.717, 1.165) is 18.4 Å². The summed E-state index contributed by atoms with van der Waals surface area (Å²) < 4.78 is 0. The van der Waals surface area contributed by atoms with Crippen molar-refractivity contribution in [2.75, 3.05) is 13.1 Å². The molecule has 0 aliphatic heterocycles.